The lowest BCUT2D eigenvalue weighted by Crippen LogP contribution is -2.00. The van der Waals surface area contributed by atoms with Crippen molar-refractivity contribution in [2.75, 3.05) is 0 Å². The standard InChI is InChI=1S/C9H19NO/c1-4-5-9(10-11)7-6-8(2)3/h8,11H,4-7H2,1-3H3/b10-9-. The van der Waals surface area contributed by atoms with Crippen LogP contribution in [0.15, 0.2) is 5.16 Å². The highest BCUT2D eigenvalue weighted by Crippen LogP contribution is 2.07. The molecule has 0 saturated carbocycles. The van der Waals surface area contributed by atoms with Crippen LogP contribution in [0.2, 0.25) is 0 Å². The molecule has 0 spiro atoms. The van der Waals surface area contributed by atoms with E-state index in [1.807, 2.05) is 0 Å². The zero-order valence-electron chi connectivity index (χ0n) is 7.80. The maximum absolute atomic E-state index is 8.56. The molecule has 66 valence electrons. The van der Waals surface area contributed by atoms with Gasteiger partial charge in [0.25, 0.3) is 0 Å². The Bertz CT molecular complexity index is 119. The van der Waals surface area contributed by atoms with Gasteiger partial charge in [-0.15, -0.1) is 0 Å². The predicted molar refractivity (Wildman–Crippen MR) is 48.2 cm³/mol. The van der Waals surface area contributed by atoms with Crippen LogP contribution in [0, 0.1) is 5.92 Å². The summed E-state index contributed by atoms with van der Waals surface area (Å²) in [7, 11) is 0. The summed E-state index contributed by atoms with van der Waals surface area (Å²) in [5, 5.41) is 11.8. The molecule has 0 aromatic carbocycles. The molecule has 0 saturated heterocycles. The summed E-state index contributed by atoms with van der Waals surface area (Å²) in [6.07, 6.45) is 4.07. The minimum atomic E-state index is 0.698. The van der Waals surface area contributed by atoms with Crippen molar-refractivity contribution in [2.24, 2.45) is 11.1 Å². The molecule has 0 fully saturated rings. The minimum absolute atomic E-state index is 0.698. The Balaban J connectivity index is 3.53. The lowest BCUT2D eigenvalue weighted by atomic mass is 10.0. The van der Waals surface area contributed by atoms with Gasteiger partial charge < -0.3 is 5.21 Å². The Kier molecular flexibility index (Phi) is 5.90. The Hall–Kier alpha value is -0.530. The highest BCUT2D eigenvalue weighted by Gasteiger charge is 2.00. The van der Waals surface area contributed by atoms with E-state index < -0.39 is 0 Å². The summed E-state index contributed by atoms with van der Waals surface area (Å²) in [6.45, 7) is 6.46. The van der Waals surface area contributed by atoms with Gasteiger partial charge in [0.1, 0.15) is 0 Å². The number of hydrogen-bond donors (Lipinski definition) is 1. The molecule has 0 rings (SSSR count). The lowest BCUT2D eigenvalue weighted by molar-refractivity contribution is 0.315. The van der Waals surface area contributed by atoms with Crippen LogP contribution in [-0.2, 0) is 0 Å². The van der Waals surface area contributed by atoms with Crippen molar-refractivity contribution in [3.8, 4) is 0 Å². The molecule has 0 heterocycles. The van der Waals surface area contributed by atoms with E-state index in [-0.39, 0.29) is 0 Å². The van der Waals surface area contributed by atoms with Crippen molar-refractivity contribution < 1.29 is 5.21 Å². The van der Waals surface area contributed by atoms with Gasteiger partial charge in [0.2, 0.25) is 0 Å². The first-order chi connectivity index (χ1) is 5.20. The van der Waals surface area contributed by atoms with E-state index in [1.165, 1.54) is 0 Å². The molecule has 0 aliphatic carbocycles. The highest BCUT2D eigenvalue weighted by atomic mass is 16.4. The van der Waals surface area contributed by atoms with E-state index in [2.05, 4.69) is 25.9 Å². The zero-order chi connectivity index (χ0) is 8.69. The van der Waals surface area contributed by atoms with Crippen molar-refractivity contribution in [3.63, 3.8) is 0 Å². The summed E-state index contributed by atoms with van der Waals surface area (Å²) < 4.78 is 0. The molecule has 0 atom stereocenters. The first-order valence-electron chi connectivity index (χ1n) is 4.40. The van der Waals surface area contributed by atoms with Gasteiger partial charge >= 0.3 is 0 Å². The molecule has 0 aromatic rings. The van der Waals surface area contributed by atoms with Crippen LogP contribution in [0.3, 0.4) is 0 Å². The van der Waals surface area contributed by atoms with E-state index in [4.69, 9.17) is 5.21 Å². The molecule has 0 radical (unpaired) electrons. The van der Waals surface area contributed by atoms with Crippen LogP contribution in [0.5, 0.6) is 0 Å². The smallest absolute Gasteiger partial charge is 0.0570 e. The van der Waals surface area contributed by atoms with E-state index >= 15 is 0 Å². The van der Waals surface area contributed by atoms with Gasteiger partial charge in [-0.05, 0) is 25.2 Å². The van der Waals surface area contributed by atoms with Crippen LogP contribution < -0.4 is 0 Å². The third-order valence-corrected chi connectivity index (χ3v) is 1.69. The monoisotopic (exact) mass is 157 g/mol. The maximum atomic E-state index is 8.56. The fourth-order valence-electron chi connectivity index (χ4n) is 0.969. The van der Waals surface area contributed by atoms with Crippen LogP contribution in [-0.4, -0.2) is 10.9 Å². The average Bonchev–Trinajstić information content (AvgIpc) is 1.97. The fourth-order valence-corrected chi connectivity index (χ4v) is 0.969. The summed E-state index contributed by atoms with van der Waals surface area (Å²) in [6, 6.07) is 0. The van der Waals surface area contributed by atoms with Crippen molar-refractivity contribution in [1.29, 1.82) is 0 Å². The molecule has 2 nitrogen and oxygen atoms in total. The predicted octanol–water partition coefficient (Wildman–Crippen LogP) is 3.05. The largest absolute Gasteiger partial charge is 0.411 e. The summed E-state index contributed by atoms with van der Waals surface area (Å²) in [5.74, 6) is 0.698. The van der Waals surface area contributed by atoms with Crippen LogP contribution in [0.4, 0.5) is 0 Å². The summed E-state index contributed by atoms with van der Waals surface area (Å²) >= 11 is 0. The number of nitrogens with zero attached hydrogens (tertiary/aromatic N) is 1. The number of hydrogen-bond acceptors (Lipinski definition) is 2. The molecule has 0 unspecified atom stereocenters. The molecule has 2 heteroatoms. The lowest BCUT2D eigenvalue weighted by Gasteiger charge is -2.04. The van der Waals surface area contributed by atoms with Gasteiger partial charge in [-0.1, -0.05) is 32.3 Å². The molecule has 0 amide bonds. The van der Waals surface area contributed by atoms with Crippen molar-refractivity contribution >= 4 is 5.71 Å². The van der Waals surface area contributed by atoms with E-state index in [1.54, 1.807) is 0 Å². The quantitative estimate of drug-likeness (QED) is 0.371. The summed E-state index contributed by atoms with van der Waals surface area (Å²) in [5.41, 5.74) is 0.946. The first-order valence-corrected chi connectivity index (χ1v) is 4.40. The van der Waals surface area contributed by atoms with Gasteiger partial charge in [-0.3, -0.25) is 0 Å². The van der Waals surface area contributed by atoms with Crippen molar-refractivity contribution in [1.82, 2.24) is 0 Å². The Labute approximate surface area is 69.3 Å². The second kappa shape index (κ2) is 6.20. The fraction of sp³-hybridized carbons (Fsp3) is 0.889. The van der Waals surface area contributed by atoms with Crippen LogP contribution in [0.1, 0.15) is 46.5 Å². The molecule has 11 heavy (non-hydrogen) atoms. The molecule has 0 aromatic heterocycles. The SMILES string of the molecule is CCC/C(CCC(C)C)=N/O. The van der Waals surface area contributed by atoms with Crippen molar-refractivity contribution in [3.05, 3.63) is 0 Å². The highest BCUT2D eigenvalue weighted by molar-refractivity contribution is 5.83. The van der Waals surface area contributed by atoms with Gasteiger partial charge in [0, 0.05) is 0 Å². The molecule has 0 aliphatic rings. The minimum Gasteiger partial charge on any atom is -0.411 e. The third kappa shape index (κ3) is 5.89. The molecule has 0 aliphatic heterocycles. The Morgan fingerprint density at radius 1 is 1.36 bits per heavy atom. The normalized spacial score (nSPS) is 12.5. The molecular weight excluding hydrogens is 138 g/mol. The van der Waals surface area contributed by atoms with E-state index in [9.17, 15) is 0 Å². The zero-order valence-corrected chi connectivity index (χ0v) is 7.80. The van der Waals surface area contributed by atoms with Gasteiger partial charge in [-0.25, -0.2) is 0 Å². The second-order valence-electron chi connectivity index (χ2n) is 3.35. The van der Waals surface area contributed by atoms with Crippen LogP contribution >= 0.6 is 0 Å². The first kappa shape index (κ1) is 10.5. The second-order valence-corrected chi connectivity index (χ2v) is 3.35. The van der Waals surface area contributed by atoms with E-state index in [0.717, 1.165) is 31.4 Å². The number of oxime groups is 1. The van der Waals surface area contributed by atoms with Crippen LogP contribution in [0.25, 0.3) is 0 Å². The molecule has 1 N–H and O–H groups in total. The summed E-state index contributed by atoms with van der Waals surface area (Å²) in [4.78, 5) is 0. The topological polar surface area (TPSA) is 32.6 Å². The Morgan fingerprint density at radius 3 is 2.36 bits per heavy atom. The van der Waals surface area contributed by atoms with Crippen molar-refractivity contribution in [2.45, 2.75) is 46.5 Å². The van der Waals surface area contributed by atoms with E-state index in [0.29, 0.717) is 5.92 Å². The average molecular weight is 157 g/mol. The van der Waals surface area contributed by atoms with Gasteiger partial charge in [0.15, 0.2) is 0 Å². The number of rotatable bonds is 5. The maximum Gasteiger partial charge on any atom is 0.0570 e. The van der Waals surface area contributed by atoms with Gasteiger partial charge in [0.05, 0.1) is 5.71 Å². The Morgan fingerprint density at radius 2 is 2.00 bits per heavy atom. The molecular formula is C9H19NO. The third-order valence-electron chi connectivity index (χ3n) is 1.69. The molecule has 0 bridgehead atoms. The van der Waals surface area contributed by atoms with Gasteiger partial charge in [-0.2, -0.15) is 0 Å².